The van der Waals surface area contributed by atoms with E-state index in [1.807, 2.05) is 12.1 Å². The highest BCUT2D eigenvalue weighted by Gasteiger charge is 2.15. The van der Waals surface area contributed by atoms with Gasteiger partial charge in [-0.3, -0.25) is 14.9 Å². The lowest BCUT2D eigenvalue weighted by atomic mass is 10.3. The number of amides is 2. The van der Waals surface area contributed by atoms with Crippen molar-refractivity contribution in [1.82, 2.24) is 5.16 Å². The molecule has 7 heteroatoms. The molecule has 98 valence electrons. The van der Waals surface area contributed by atoms with E-state index in [9.17, 15) is 9.59 Å². The van der Waals surface area contributed by atoms with E-state index in [0.717, 1.165) is 3.57 Å². The highest BCUT2D eigenvalue weighted by Crippen LogP contribution is 2.11. The molecule has 1 aromatic heterocycles. The Morgan fingerprint density at radius 1 is 1.16 bits per heavy atom. The summed E-state index contributed by atoms with van der Waals surface area (Å²) in [5.74, 6) is -0.803. The zero-order valence-corrected chi connectivity index (χ0v) is 12.1. The predicted molar refractivity (Wildman–Crippen MR) is 77.7 cm³/mol. The molecule has 1 aromatic carbocycles. The van der Waals surface area contributed by atoms with Gasteiger partial charge in [0.1, 0.15) is 5.76 Å². The average molecular weight is 371 g/mol. The molecule has 0 spiro atoms. The minimum Gasteiger partial charge on any atom is -0.360 e. The Bertz CT molecular complexity index is 607. The molecule has 0 radical (unpaired) electrons. The van der Waals surface area contributed by atoms with E-state index in [0.29, 0.717) is 11.4 Å². The van der Waals surface area contributed by atoms with Crippen molar-refractivity contribution in [2.24, 2.45) is 0 Å². The first-order chi connectivity index (χ1) is 9.04. The van der Waals surface area contributed by atoms with Gasteiger partial charge in [-0.25, -0.2) is 0 Å². The van der Waals surface area contributed by atoms with Gasteiger partial charge in [0.15, 0.2) is 5.82 Å². The lowest BCUT2D eigenvalue weighted by Crippen LogP contribution is -2.29. The first-order valence-electron chi connectivity index (χ1n) is 5.36. The van der Waals surface area contributed by atoms with Crippen LogP contribution in [-0.4, -0.2) is 17.0 Å². The van der Waals surface area contributed by atoms with Gasteiger partial charge in [-0.05, 0) is 53.8 Å². The van der Waals surface area contributed by atoms with E-state index < -0.39 is 11.8 Å². The second-order valence-corrected chi connectivity index (χ2v) is 4.98. The van der Waals surface area contributed by atoms with Crippen LogP contribution in [0.25, 0.3) is 0 Å². The number of hydrogen-bond acceptors (Lipinski definition) is 4. The standard InChI is InChI=1S/C12H10IN3O3/c1-7-6-10(16-19-7)15-12(18)11(17)14-9-4-2-8(13)3-5-9/h2-6H,1H3,(H,14,17)(H,15,16,18). The number of anilines is 2. The van der Waals surface area contributed by atoms with E-state index in [1.165, 1.54) is 6.07 Å². The van der Waals surface area contributed by atoms with E-state index in [-0.39, 0.29) is 5.82 Å². The third-order valence-electron chi connectivity index (χ3n) is 2.18. The van der Waals surface area contributed by atoms with Gasteiger partial charge in [0, 0.05) is 15.3 Å². The SMILES string of the molecule is Cc1cc(NC(=O)C(=O)Nc2ccc(I)cc2)no1. The van der Waals surface area contributed by atoms with Gasteiger partial charge >= 0.3 is 11.8 Å². The van der Waals surface area contributed by atoms with Crippen LogP contribution in [-0.2, 0) is 9.59 Å². The van der Waals surface area contributed by atoms with Crippen molar-refractivity contribution < 1.29 is 14.1 Å². The summed E-state index contributed by atoms with van der Waals surface area (Å²) in [5.41, 5.74) is 0.553. The van der Waals surface area contributed by atoms with Crippen molar-refractivity contribution in [3.63, 3.8) is 0 Å². The summed E-state index contributed by atoms with van der Waals surface area (Å²) >= 11 is 2.15. The van der Waals surface area contributed by atoms with Crippen LogP contribution in [0.5, 0.6) is 0 Å². The molecule has 0 bridgehead atoms. The molecule has 1 heterocycles. The molecule has 2 rings (SSSR count). The van der Waals surface area contributed by atoms with Gasteiger partial charge < -0.3 is 9.84 Å². The van der Waals surface area contributed by atoms with Crippen molar-refractivity contribution in [3.8, 4) is 0 Å². The Morgan fingerprint density at radius 3 is 2.37 bits per heavy atom. The first-order valence-corrected chi connectivity index (χ1v) is 6.44. The monoisotopic (exact) mass is 371 g/mol. The Labute approximate surface area is 122 Å². The summed E-state index contributed by atoms with van der Waals surface area (Å²) in [6.07, 6.45) is 0. The van der Waals surface area contributed by atoms with E-state index in [4.69, 9.17) is 4.52 Å². The number of halogens is 1. The number of carbonyl (C=O) groups excluding carboxylic acids is 2. The number of rotatable bonds is 2. The summed E-state index contributed by atoms with van der Waals surface area (Å²) < 4.78 is 5.82. The normalized spacial score (nSPS) is 10.0. The lowest BCUT2D eigenvalue weighted by molar-refractivity contribution is -0.133. The Morgan fingerprint density at radius 2 is 1.79 bits per heavy atom. The van der Waals surface area contributed by atoms with E-state index in [1.54, 1.807) is 19.1 Å². The fourth-order valence-electron chi connectivity index (χ4n) is 1.32. The molecule has 2 N–H and O–H groups in total. The van der Waals surface area contributed by atoms with E-state index >= 15 is 0 Å². The third kappa shape index (κ3) is 3.78. The minimum atomic E-state index is -0.799. The minimum absolute atomic E-state index is 0.209. The van der Waals surface area contributed by atoms with Crippen LogP contribution in [0, 0.1) is 10.5 Å². The summed E-state index contributed by atoms with van der Waals surface area (Å²) in [5, 5.41) is 8.39. The highest BCUT2D eigenvalue weighted by molar-refractivity contribution is 14.1. The van der Waals surface area contributed by atoms with Gasteiger partial charge in [0.05, 0.1) is 0 Å². The van der Waals surface area contributed by atoms with E-state index in [2.05, 4.69) is 38.4 Å². The molecule has 0 saturated heterocycles. The van der Waals surface area contributed by atoms with Crippen LogP contribution >= 0.6 is 22.6 Å². The number of nitrogens with one attached hydrogen (secondary N) is 2. The predicted octanol–water partition coefficient (Wildman–Crippen LogP) is 2.16. The van der Waals surface area contributed by atoms with Gasteiger partial charge in [-0.15, -0.1) is 0 Å². The summed E-state index contributed by atoms with van der Waals surface area (Å²) in [7, 11) is 0. The maximum Gasteiger partial charge on any atom is 0.315 e. The first kappa shape index (κ1) is 13.5. The van der Waals surface area contributed by atoms with Crippen molar-refractivity contribution in [1.29, 1.82) is 0 Å². The maximum absolute atomic E-state index is 11.6. The van der Waals surface area contributed by atoms with Crippen LogP contribution < -0.4 is 10.6 Å². The van der Waals surface area contributed by atoms with Crippen molar-refractivity contribution in [2.45, 2.75) is 6.92 Å². The highest BCUT2D eigenvalue weighted by atomic mass is 127. The summed E-state index contributed by atoms with van der Waals surface area (Å²) in [6, 6.07) is 8.61. The molecule has 2 amide bonds. The van der Waals surface area contributed by atoms with Crippen molar-refractivity contribution >= 4 is 45.9 Å². The molecular weight excluding hydrogens is 361 g/mol. The molecule has 0 saturated carbocycles. The number of benzene rings is 1. The molecule has 0 aliphatic heterocycles. The van der Waals surface area contributed by atoms with Crippen LogP contribution in [0.1, 0.15) is 5.76 Å². The second kappa shape index (κ2) is 5.83. The maximum atomic E-state index is 11.6. The van der Waals surface area contributed by atoms with Crippen LogP contribution in [0.4, 0.5) is 11.5 Å². The molecule has 2 aromatic rings. The number of carbonyl (C=O) groups is 2. The molecule has 0 unspecified atom stereocenters. The van der Waals surface area contributed by atoms with Crippen molar-refractivity contribution in [3.05, 3.63) is 39.7 Å². The zero-order valence-electron chi connectivity index (χ0n) is 9.94. The van der Waals surface area contributed by atoms with Crippen LogP contribution in [0.3, 0.4) is 0 Å². The number of nitrogens with zero attached hydrogens (tertiary/aromatic N) is 1. The molecular formula is C12H10IN3O3. The van der Waals surface area contributed by atoms with Gasteiger partial charge in [-0.1, -0.05) is 5.16 Å². The molecule has 6 nitrogen and oxygen atoms in total. The second-order valence-electron chi connectivity index (χ2n) is 3.74. The molecule has 0 atom stereocenters. The molecule has 19 heavy (non-hydrogen) atoms. The van der Waals surface area contributed by atoms with Gasteiger partial charge in [-0.2, -0.15) is 0 Å². The third-order valence-corrected chi connectivity index (χ3v) is 2.90. The molecule has 0 aliphatic rings. The largest absolute Gasteiger partial charge is 0.360 e. The summed E-state index contributed by atoms with van der Waals surface area (Å²) in [4.78, 5) is 23.2. The smallest absolute Gasteiger partial charge is 0.315 e. The fraction of sp³-hybridized carbons (Fsp3) is 0.0833. The lowest BCUT2D eigenvalue weighted by Gasteiger charge is -2.04. The molecule has 0 aliphatic carbocycles. The van der Waals surface area contributed by atoms with Crippen LogP contribution in [0.2, 0.25) is 0 Å². The van der Waals surface area contributed by atoms with Crippen LogP contribution in [0.15, 0.2) is 34.9 Å². The topological polar surface area (TPSA) is 84.2 Å². The zero-order chi connectivity index (χ0) is 13.8. The number of aromatic nitrogens is 1. The fourth-order valence-corrected chi connectivity index (χ4v) is 1.68. The van der Waals surface area contributed by atoms with Gasteiger partial charge in [0.25, 0.3) is 0 Å². The number of hydrogen-bond donors (Lipinski definition) is 2. The Hall–Kier alpha value is -1.90. The van der Waals surface area contributed by atoms with Gasteiger partial charge in [0.2, 0.25) is 0 Å². The van der Waals surface area contributed by atoms with Crippen molar-refractivity contribution in [2.75, 3.05) is 10.6 Å². The Kier molecular flexibility index (Phi) is 4.15. The molecule has 0 fully saturated rings. The number of aryl methyl sites for hydroxylation is 1. The average Bonchev–Trinajstić information content (AvgIpc) is 2.77. The Balaban J connectivity index is 1.96. The quantitative estimate of drug-likeness (QED) is 0.626. The summed E-state index contributed by atoms with van der Waals surface area (Å²) in [6.45, 7) is 1.69.